The smallest absolute Gasteiger partial charge is 0.129 e. The molecule has 2 aromatic carbocycles. The van der Waals surface area contributed by atoms with Gasteiger partial charge >= 0.3 is 0 Å². The Morgan fingerprint density at radius 2 is 1.70 bits per heavy atom. The number of aliphatic hydroxyl groups excluding tert-OH is 1. The third kappa shape index (κ3) is 2.99. The summed E-state index contributed by atoms with van der Waals surface area (Å²) < 4.78 is 19.3. The van der Waals surface area contributed by atoms with E-state index in [1.165, 1.54) is 6.07 Å². The van der Waals surface area contributed by atoms with E-state index in [0.717, 1.165) is 22.4 Å². The number of benzene rings is 2. The van der Waals surface area contributed by atoms with Crippen LogP contribution in [0.4, 0.5) is 4.39 Å². The van der Waals surface area contributed by atoms with E-state index in [1.54, 1.807) is 18.2 Å². The van der Waals surface area contributed by atoms with E-state index in [1.807, 2.05) is 32.9 Å². The van der Waals surface area contributed by atoms with Gasteiger partial charge in [-0.3, -0.25) is 0 Å². The Labute approximate surface area is 118 Å². The molecular formula is C17H19FO2. The number of hydrogen-bond donors (Lipinski definition) is 1. The highest BCUT2D eigenvalue weighted by Crippen LogP contribution is 2.27. The Morgan fingerprint density at radius 3 is 2.40 bits per heavy atom. The van der Waals surface area contributed by atoms with E-state index in [0.29, 0.717) is 0 Å². The predicted octanol–water partition coefficient (Wildman–Crippen LogP) is 3.86. The topological polar surface area (TPSA) is 29.5 Å². The van der Waals surface area contributed by atoms with Crippen molar-refractivity contribution in [1.82, 2.24) is 0 Å². The Balaban J connectivity index is 2.14. The Hall–Kier alpha value is -1.87. The molecule has 0 fully saturated rings. The molecule has 1 N–H and O–H groups in total. The van der Waals surface area contributed by atoms with Crippen molar-refractivity contribution >= 4 is 0 Å². The fraction of sp³-hybridized carbons (Fsp3) is 0.294. The molecule has 0 saturated heterocycles. The molecule has 0 aromatic heterocycles. The standard InChI is InChI=1S/C17H19FO2/c1-11-8-9-12(2)17(13(11)3)20-10-16(19)14-6-4-5-7-15(14)18/h4-9,16,19H,10H2,1-3H3. The zero-order valence-corrected chi connectivity index (χ0v) is 12.0. The number of ether oxygens (including phenoxy) is 1. The lowest BCUT2D eigenvalue weighted by Crippen LogP contribution is -2.12. The van der Waals surface area contributed by atoms with E-state index < -0.39 is 11.9 Å². The average Bonchev–Trinajstić information content (AvgIpc) is 2.43. The summed E-state index contributed by atoms with van der Waals surface area (Å²) in [5.74, 6) is 0.349. The summed E-state index contributed by atoms with van der Waals surface area (Å²) in [5.41, 5.74) is 3.45. The molecule has 0 heterocycles. The highest BCUT2D eigenvalue weighted by Gasteiger charge is 2.14. The fourth-order valence-corrected chi connectivity index (χ4v) is 2.14. The van der Waals surface area contributed by atoms with Gasteiger partial charge in [-0.1, -0.05) is 30.3 Å². The fourth-order valence-electron chi connectivity index (χ4n) is 2.14. The Kier molecular flexibility index (Phi) is 4.40. The van der Waals surface area contributed by atoms with Gasteiger partial charge in [0.05, 0.1) is 0 Å². The van der Waals surface area contributed by atoms with Crippen LogP contribution in [0.1, 0.15) is 28.4 Å². The molecule has 0 saturated carbocycles. The maximum absolute atomic E-state index is 13.6. The third-order valence-electron chi connectivity index (χ3n) is 3.52. The number of aliphatic hydroxyl groups is 1. The molecule has 0 amide bonds. The molecule has 2 nitrogen and oxygen atoms in total. The highest BCUT2D eigenvalue weighted by molar-refractivity contribution is 5.44. The third-order valence-corrected chi connectivity index (χ3v) is 3.52. The van der Waals surface area contributed by atoms with Crippen LogP contribution in [0.25, 0.3) is 0 Å². The SMILES string of the molecule is Cc1ccc(C)c(OCC(O)c2ccccc2F)c1C. The van der Waals surface area contributed by atoms with E-state index in [-0.39, 0.29) is 12.2 Å². The largest absolute Gasteiger partial charge is 0.490 e. The molecule has 0 aliphatic heterocycles. The van der Waals surface area contributed by atoms with Gasteiger partial charge < -0.3 is 9.84 Å². The molecule has 2 aromatic rings. The van der Waals surface area contributed by atoms with Gasteiger partial charge in [-0.05, 0) is 43.5 Å². The minimum atomic E-state index is -0.976. The maximum Gasteiger partial charge on any atom is 0.129 e. The van der Waals surface area contributed by atoms with E-state index in [4.69, 9.17) is 4.74 Å². The van der Waals surface area contributed by atoms with Crippen LogP contribution in [0.2, 0.25) is 0 Å². The van der Waals surface area contributed by atoms with Gasteiger partial charge in [0.2, 0.25) is 0 Å². The van der Waals surface area contributed by atoms with E-state index in [9.17, 15) is 9.50 Å². The quantitative estimate of drug-likeness (QED) is 0.917. The minimum absolute atomic E-state index is 0.0338. The maximum atomic E-state index is 13.6. The zero-order chi connectivity index (χ0) is 14.7. The molecule has 1 unspecified atom stereocenters. The van der Waals surface area contributed by atoms with Gasteiger partial charge in [-0.2, -0.15) is 0 Å². The van der Waals surface area contributed by atoms with Crippen molar-refractivity contribution in [1.29, 1.82) is 0 Å². The van der Waals surface area contributed by atoms with E-state index in [2.05, 4.69) is 0 Å². The lowest BCUT2D eigenvalue weighted by atomic mass is 10.1. The summed E-state index contributed by atoms with van der Waals surface area (Å²) in [6.45, 7) is 5.98. The van der Waals surface area contributed by atoms with Crippen molar-refractivity contribution in [2.24, 2.45) is 0 Å². The minimum Gasteiger partial charge on any atom is -0.490 e. The zero-order valence-electron chi connectivity index (χ0n) is 12.0. The van der Waals surface area contributed by atoms with Crippen LogP contribution in [0.15, 0.2) is 36.4 Å². The summed E-state index contributed by atoms with van der Waals surface area (Å²) in [4.78, 5) is 0. The predicted molar refractivity (Wildman–Crippen MR) is 77.5 cm³/mol. The van der Waals surface area contributed by atoms with Crippen molar-refractivity contribution in [3.63, 3.8) is 0 Å². The number of rotatable bonds is 4. The van der Waals surface area contributed by atoms with Gasteiger partial charge in [0.25, 0.3) is 0 Å². The second-order valence-corrected chi connectivity index (χ2v) is 5.00. The van der Waals surface area contributed by atoms with Gasteiger partial charge in [-0.15, -0.1) is 0 Å². The molecule has 0 spiro atoms. The monoisotopic (exact) mass is 274 g/mol. The van der Waals surface area contributed by atoms with Crippen LogP contribution in [-0.2, 0) is 0 Å². The number of aryl methyl sites for hydroxylation is 2. The van der Waals surface area contributed by atoms with Crippen LogP contribution < -0.4 is 4.74 Å². The first-order valence-electron chi connectivity index (χ1n) is 6.62. The molecule has 20 heavy (non-hydrogen) atoms. The average molecular weight is 274 g/mol. The molecular weight excluding hydrogens is 255 g/mol. The molecule has 0 bridgehead atoms. The van der Waals surface area contributed by atoms with Gasteiger partial charge in [0, 0.05) is 5.56 Å². The van der Waals surface area contributed by atoms with Crippen molar-refractivity contribution in [2.75, 3.05) is 6.61 Å². The highest BCUT2D eigenvalue weighted by atomic mass is 19.1. The first-order chi connectivity index (χ1) is 9.50. The van der Waals surface area contributed by atoms with Crippen LogP contribution in [0, 0.1) is 26.6 Å². The Morgan fingerprint density at radius 1 is 1.05 bits per heavy atom. The van der Waals surface area contributed by atoms with Crippen molar-refractivity contribution in [3.8, 4) is 5.75 Å². The second-order valence-electron chi connectivity index (χ2n) is 5.00. The van der Waals surface area contributed by atoms with Crippen molar-refractivity contribution in [3.05, 3.63) is 64.5 Å². The first kappa shape index (κ1) is 14.5. The van der Waals surface area contributed by atoms with E-state index >= 15 is 0 Å². The number of hydrogen-bond acceptors (Lipinski definition) is 2. The summed E-state index contributed by atoms with van der Waals surface area (Å²) >= 11 is 0. The molecule has 0 radical (unpaired) electrons. The van der Waals surface area contributed by atoms with Gasteiger partial charge in [-0.25, -0.2) is 4.39 Å². The van der Waals surface area contributed by atoms with Crippen LogP contribution in [-0.4, -0.2) is 11.7 Å². The summed E-state index contributed by atoms with van der Waals surface area (Å²) in [6, 6.07) is 10.2. The lowest BCUT2D eigenvalue weighted by molar-refractivity contribution is 0.104. The summed E-state index contributed by atoms with van der Waals surface area (Å²) in [6.07, 6.45) is -0.976. The van der Waals surface area contributed by atoms with Crippen LogP contribution in [0.3, 0.4) is 0 Å². The van der Waals surface area contributed by atoms with Crippen LogP contribution >= 0.6 is 0 Å². The van der Waals surface area contributed by atoms with Gasteiger partial charge in [0.15, 0.2) is 0 Å². The van der Waals surface area contributed by atoms with Crippen LogP contribution in [0.5, 0.6) is 5.75 Å². The van der Waals surface area contributed by atoms with Crippen molar-refractivity contribution < 1.29 is 14.2 Å². The molecule has 0 aliphatic rings. The molecule has 0 aliphatic carbocycles. The Bertz CT molecular complexity index is 608. The molecule has 106 valence electrons. The molecule has 3 heteroatoms. The van der Waals surface area contributed by atoms with Gasteiger partial charge in [0.1, 0.15) is 24.3 Å². The second kappa shape index (κ2) is 6.06. The molecule has 1 atom stereocenters. The normalized spacial score (nSPS) is 12.2. The van der Waals surface area contributed by atoms with Crippen molar-refractivity contribution in [2.45, 2.75) is 26.9 Å². The summed E-state index contributed by atoms with van der Waals surface area (Å²) in [5, 5.41) is 10.0. The lowest BCUT2D eigenvalue weighted by Gasteiger charge is -2.17. The first-order valence-corrected chi connectivity index (χ1v) is 6.62. The number of halogens is 1. The molecule has 2 rings (SSSR count). The summed E-state index contributed by atoms with van der Waals surface area (Å²) in [7, 11) is 0.